The van der Waals surface area contributed by atoms with Gasteiger partial charge in [-0.3, -0.25) is 0 Å². The molecule has 0 unspecified atom stereocenters. The van der Waals surface area contributed by atoms with E-state index >= 15 is 0 Å². The minimum absolute atomic E-state index is 0.655. The topological polar surface area (TPSA) is 50.2 Å². The van der Waals surface area contributed by atoms with Gasteiger partial charge in [-0.2, -0.15) is 0 Å². The summed E-state index contributed by atoms with van der Waals surface area (Å²) in [5.74, 6) is -0.242. The van der Waals surface area contributed by atoms with Gasteiger partial charge in [-0.15, -0.1) is 11.8 Å². The van der Waals surface area contributed by atoms with Gasteiger partial charge in [0.05, 0.1) is 5.03 Å². The van der Waals surface area contributed by atoms with Gasteiger partial charge in [0.2, 0.25) is 0 Å². The van der Waals surface area contributed by atoms with E-state index in [1.807, 2.05) is 32.9 Å². The minimum atomic E-state index is -0.897. The largest absolute Gasteiger partial charge is 0.478 e. The molecule has 0 aliphatic rings. The van der Waals surface area contributed by atoms with Crippen molar-refractivity contribution >= 4 is 17.7 Å². The molecule has 86 valence electrons. The van der Waals surface area contributed by atoms with Crippen molar-refractivity contribution in [2.45, 2.75) is 25.8 Å². The molecule has 1 rings (SSSR count). The number of aliphatic carboxylic acids is 1. The molecule has 1 aromatic heterocycles. The van der Waals surface area contributed by atoms with Crippen molar-refractivity contribution in [3.05, 3.63) is 35.0 Å². The fraction of sp³-hybridized carbons (Fsp3) is 0.333. The first-order chi connectivity index (χ1) is 7.47. The summed E-state index contributed by atoms with van der Waals surface area (Å²) in [7, 11) is 0. The Morgan fingerprint density at radius 1 is 1.50 bits per heavy atom. The molecule has 0 saturated carbocycles. The molecular formula is C12H15NO2S. The van der Waals surface area contributed by atoms with Crippen LogP contribution in [0.15, 0.2) is 28.8 Å². The molecule has 0 amide bonds. The van der Waals surface area contributed by atoms with Gasteiger partial charge in [-0.25, -0.2) is 9.78 Å². The standard InChI is InChI=1S/C12H15NO2S/c1-8-4-10(3)13-11(5-8)16-7-9(2)6-12(14)15/h4-6H,7H2,1-3H3,(H,14,15)/b9-6-. The van der Waals surface area contributed by atoms with Crippen LogP contribution in [0.5, 0.6) is 0 Å². The second-order valence-corrected chi connectivity index (χ2v) is 4.74. The Morgan fingerprint density at radius 3 is 2.75 bits per heavy atom. The number of thioether (sulfide) groups is 1. The van der Waals surface area contributed by atoms with Gasteiger partial charge < -0.3 is 5.11 Å². The molecule has 0 aromatic carbocycles. The molecule has 0 radical (unpaired) electrons. The van der Waals surface area contributed by atoms with Gasteiger partial charge in [-0.05, 0) is 38.5 Å². The summed E-state index contributed by atoms with van der Waals surface area (Å²) in [5, 5.41) is 9.51. The van der Waals surface area contributed by atoms with Crippen molar-refractivity contribution in [1.82, 2.24) is 4.98 Å². The molecule has 0 fully saturated rings. The number of aryl methyl sites for hydroxylation is 2. The van der Waals surface area contributed by atoms with Crippen molar-refractivity contribution in [2.75, 3.05) is 5.75 Å². The van der Waals surface area contributed by atoms with Crippen LogP contribution in [0.25, 0.3) is 0 Å². The predicted molar refractivity (Wildman–Crippen MR) is 65.8 cm³/mol. The van der Waals surface area contributed by atoms with Gasteiger partial charge in [0, 0.05) is 17.5 Å². The summed E-state index contributed by atoms with van der Waals surface area (Å²) in [6.45, 7) is 5.79. The number of hydrogen-bond acceptors (Lipinski definition) is 3. The third kappa shape index (κ3) is 4.49. The van der Waals surface area contributed by atoms with Crippen molar-refractivity contribution in [2.24, 2.45) is 0 Å². The highest BCUT2D eigenvalue weighted by Crippen LogP contribution is 2.19. The van der Waals surface area contributed by atoms with E-state index in [1.54, 1.807) is 11.8 Å². The molecule has 0 saturated heterocycles. The Morgan fingerprint density at radius 2 is 2.19 bits per heavy atom. The average molecular weight is 237 g/mol. The molecule has 0 spiro atoms. The first kappa shape index (κ1) is 12.8. The van der Waals surface area contributed by atoms with E-state index in [0.717, 1.165) is 16.3 Å². The summed E-state index contributed by atoms with van der Waals surface area (Å²) in [4.78, 5) is 14.8. The number of pyridine rings is 1. The Kier molecular flexibility index (Phi) is 4.55. The highest BCUT2D eigenvalue weighted by molar-refractivity contribution is 7.99. The number of nitrogens with zero attached hydrogens (tertiary/aromatic N) is 1. The Labute approximate surface area is 99.6 Å². The van der Waals surface area contributed by atoms with Gasteiger partial charge in [-0.1, -0.05) is 5.57 Å². The fourth-order valence-corrected chi connectivity index (χ4v) is 2.26. The van der Waals surface area contributed by atoms with E-state index in [2.05, 4.69) is 4.98 Å². The third-order valence-electron chi connectivity index (χ3n) is 1.89. The van der Waals surface area contributed by atoms with E-state index in [1.165, 1.54) is 11.6 Å². The SMILES string of the molecule is C/C(=C/C(=O)O)CSc1cc(C)cc(C)n1. The van der Waals surface area contributed by atoms with Crippen LogP contribution in [0.4, 0.5) is 0 Å². The Hall–Kier alpha value is -1.29. The Bertz CT molecular complexity index is 407. The maximum absolute atomic E-state index is 10.4. The monoisotopic (exact) mass is 237 g/mol. The Balaban J connectivity index is 2.64. The first-order valence-electron chi connectivity index (χ1n) is 4.95. The highest BCUT2D eigenvalue weighted by Gasteiger charge is 2.00. The lowest BCUT2D eigenvalue weighted by Gasteiger charge is -2.03. The van der Waals surface area contributed by atoms with Crippen molar-refractivity contribution in [1.29, 1.82) is 0 Å². The number of rotatable bonds is 4. The normalized spacial score (nSPS) is 11.6. The van der Waals surface area contributed by atoms with Crippen molar-refractivity contribution in [3.63, 3.8) is 0 Å². The summed E-state index contributed by atoms with van der Waals surface area (Å²) < 4.78 is 0. The lowest BCUT2D eigenvalue weighted by atomic mass is 10.3. The van der Waals surface area contributed by atoms with E-state index in [9.17, 15) is 4.79 Å². The molecule has 1 aromatic rings. The first-order valence-corrected chi connectivity index (χ1v) is 5.94. The summed E-state index contributed by atoms with van der Waals surface area (Å²) in [6.07, 6.45) is 1.23. The van der Waals surface area contributed by atoms with Crippen LogP contribution in [0.3, 0.4) is 0 Å². The summed E-state index contributed by atoms with van der Waals surface area (Å²) >= 11 is 1.56. The molecule has 1 heterocycles. The number of carboxylic acid groups (broad SMARTS) is 1. The van der Waals surface area contributed by atoms with Crippen molar-refractivity contribution < 1.29 is 9.90 Å². The smallest absolute Gasteiger partial charge is 0.328 e. The number of carboxylic acids is 1. The molecule has 4 heteroatoms. The van der Waals surface area contributed by atoms with Crippen LogP contribution >= 0.6 is 11.8 Å². The van der Waals surface area contributed by atoms with E-state index in [0.29, 0.717) is 5.75 Å². The fourth-order valence-electron chi connectivity index (χ4n) is 1.32. The van der Waals surface area contributed by atoms with Crippen molar-refractivity contribution in [3.8, 4) is 0 Å². The predicted octanol–water partition coefficient (Wildman–Crippen LogP) is 2.82. The van der Waals surface area contributed by atoms with Gasteiger partial charge in [0.15, 0.2) is 0 Å². The van der Waals surface area contributed by atoms with Crippen LogP contribution in [0.2, 0.25) is 0 Å². The number of carbonyl (C=O) groups is 1. The zero-order valence-electron chi connectivity index (χ0n) is 9.65. The number of hydrogen-bond donors (Lipinski definition) is 1. The maximum atomic E-state index is 10.4. The molecule has 0 atom stereocenters. The van der Waals surface area contributed by atoms with Gasteiger partial charge in [0.25, 0.3) is 0 Å². The van der Waals surface area contributed by atoms with Gasteiger partial charge in [0.1, 0.15) is 0 Å². The summed E-state index contributed by atoms with van der Waals surface area (Å²) in [5.41, 5.74) is 3.00. The maximum Gasteiger partial charge on any atom is 0.328 e. The zero-order valence-corrected chi connectivity index (χ0v) is 10.5. The van der Waals surface area contributed by atoms with Crippen LogP contribution < -0.4 is 0 Å². The second-order valence-electron chi connectivity index (χ2n) is 3.74. The molecule has 0 aliphatic heterocycles. The van der Waals surface area contributed by atoms with E-state index in [4.69, 9.17) is 5.11 Å². The molecule has 0 bridgehead atoms. The second kappa shape index (κ2) is 5.70. The average Bonchev–Trinajstić information content (AvgIpc) is 2.12. The lowest BCUT2D eigenvalue weighted by Crippen LogP contribution is -1.93. The molecular weight excluding hydrogens is 222 g/mol. The van der Waals surface area contributed by atoms with E-state index in [-0.39, 0.29) is 0 Å². The van der Waals surface area contributed by atoms with E-state index < -0.39 is 5.97 Å². The van der Waals surface area contributed by atoms with Crippen LogP contribution in [-0.4, -0.2) is 21.8 Å². The lowest BCUT2D eigenvalue weighted by molar-refractivity contribution is -0.131. The number of aromatic nitrogens is 1. The molecule has 1 N–H and O–H groups in total. The quantitative estimate of drug-likeness (QED) is 0.646. The van der Waals surface area contributed by atoms with Crippen LogP contribution in [0.1, 0.15) is 18.2 Å². The highest BCUT2D eigenvalue weighted by atomic mass is 32.2. The zero-order chi connectivity index (χ0) is 12.1. The molecule has 3 nitrogen and oxygen atoms in total. The summed E-state index contributed by atoms with van der Waals surface area (Å²) in [6, 6.07) is 4.02. The van der Waals surface area contributed by atoms with Crippen LogP contribution in [-0.2, 0) is 4.79 Å². The molecule has 0 aliphatic carbocycles. The third-order valence-corrected chi connectivity index (χ3v) is 3.00. The van der Waals surface area contributed by atoms with Gasteiger partial charge >= 0.3 is 5.97 Å². The minimum Gasteiger partial charge on any atom is -0.478 e. The van der Waals surface area contributed by atoms with Crippen LogP contribution in [0, 0.1) is 13.8 Å². The molecule has 16 heavy (non-hydrogen) atoms.